The van der Waals surface area contributed by atoms with Gasteiger partial charge in [-0.25, -0.2) is 4.39 Å². The Labute approximate surface area is 159 Å². The molecule has 0 bridgehead atoms. The average Bonchev–Trinajstić information content (AvgIpc) is 3.29. The standard InChI is InChI=1S/C19H15ClFN3O3/c1-26-16-7-4-13(20)9-15(16)24-10-12(8-17(24)25)19-22-18(23-27-19)11-2-5-14(21)6-3-11/h2-7,9,12H,8,10H2,1H3. The molecule has 27 heavy (non-hydrogen) atoms. The third-order valence-electron chi connectivity index (χ3n) is 4.45. The minimum atomic E-state index is -0.338. The summed E-state index contributed by atoms with van der Waals surface area (Å²) in [5.41, 5.74) is 1.25. The maximum absolute atomic E-state index is 13.1. The molecule has 8 heteroatoms. The average molecular weight is 388 g/mol. The molecule has 6 nitrogen and oxygen atoms in total. The summed E-state index contributed by atoms with van der Waals surface area (Å²) in [6, 6.07) is 10.9. The van der Waals surface area contributed by atoms with Gasteiger partial charge in [-0.3, -0.25) is 4.79 Å². The highest BCUT2D eigenvalue weighted by Crippen LogP contribution is 2.37. The number of carbonyl (C=O) groups excluding carboxylic acids is 1. The Morgan fingerprint density at radius 3 is 2.78 bits per heavy atom. The van der Waals surface area contributed by atoms with E-state index in [4.69, 9.17) is 20.9 Å². The van der Waals surface area contributed by atoms with Crippen LogP contribution in [-0.2, 0) is 4.79 Å². The van der Waals surface area contributed by atoms with E-state index in [2.05, 4.69) is 10.1 Å². The topological polar surface area (TPSA) is 68.5 Å². The van der Waals surface area contributed by atoms with Gasteiger partial charge in [-0.1, -0.05) is 16.8 Å². The summed E-state index contributed by atoms with van der Waals surface area (Å²) < 4.78 is 23.8. The maximum Gasteiger partial charge on any atom is 0.232 e. The predicted octanol–water partition coefficient (Wildman–Crippen LogP) is 4.06. The number of aromatic nitrogens is 2. The zero-order chi connectivity index (χ0) is 19.0. The molecule has 138 valence electrons. The largest absolute Gasteiger partial charge is 0.495 e. The number of halogens is 2. The van der Waals surface area contributed by atoms with Crippen molar-refractivity contribution in [1.82, 2.24) is 10.1 Å². The van der Waals surface area contributed by atoms with Crippen LogP contribution in [0.25, 0.3) is 11.4 Å². The number of rotatable bonds is 4. The second-order valence-corrected chi connectivity index (χ2v) is 6.62. The summed E-state index contributed by atoms with van der Waals surface area (Å²) in [6.45, 7) is 0.376. The minimum Gasteiger partial charge on any atom is -0.495 e. The van der Waals surface area contributed by atoms with Gasteiger partial charge in [-0.05, 0) is 42.5 Å². The van der Waals surface area contributed by atoms with Crippen molar-refractivity contribution < 1.29 is 18.4 Å². The highest BCUT2D eigenvalue weighted by Gasteiger charge is 2.36. The van der Waals surface area contributed by atoms with Crippen LogP contribution in [0.4, 0.5) is 10.1 Å². The van der Waals surface area contributed by atoms with E-state index in [-0.39, 0.29) is 24.1 Å². The predicted molar refractivity (Wildman–Crippen MR) is 97.4 cm³/mol. The Kier molecular flexibility index (Phi) is 4.53. The number of amides is 1. The van der Waals surface area contributed by atoms with E-state index in [1.807, 2.05) is 0 Å². The summed E-state index contributed by atoms with van der Waals surface area (Å²) in [5.74, 6) is 0.619. The Bertz CT molecular complexity index is 990. The van der Waals surface area contributed by atoms with Gasteiger partial charge in [-0.15, -0.1) is 0 Å². The van der Waals surface area contributed by atoms with Crippen LogP contribution in [0.3, 0.4) is 0 Å². The van der Waals surface area contributed by atoms with Crippen LogP contribution < -0.4 is 9.64 Å². The van der Waals surface area contributed by atoms with Crippen LogP contribution in [0, 0.1) is 5.82 Å². The lowest BCUT2D eigenvalue weighted by Gasteiger charge is -2.19. The summed E-state index contributed by atoms with van der Waals surface area (Å²) >= 11 is 6.07. The van der Waals surface area contributed by atoms with E-state index in [1.54, 1.807) is 35.2 Å². The van der Waals surface area contributed by atoms with E-state index >= 15 is 0 Å². The molecule has 3 aromatic rings. The van der Waals surface area contributed by atoms with Crippen LogP contribution in [0.2, 0.25) is 5.02 Å². The van der Waals surface area contributed by atoms with Gasteiger partial charge in [0.25, 0.3) is 0 Å². The van der Waals surface area contributed by atoms with Gasteiger partial charge in [-0.2, -0.15) is 4.98 Å². The van der Waals surface area contributed by atoms with E-state index in [1.165, 1.54) is 19.2 Å². The van der Waals surface area contributed by atoms with Crippen LogP contribution in [0.1, 0.15) is 18.2 Å². The van der Waals surface area contributed by atoms with Crippen molar-refractivity contribution in [1.29, 1.82) is 0 Å². The Balaban J connectivity index is 1.58. The van der Waals surface area contributed by atoms with Gasteiger partial charge >= 0.3 is 0 Å². The smallest absolute Gasteiger partial charge is 0.232 e. The third-order valence-corrected chi connectivity index (χ3v) is 4.69. The van der Waals surface area contributed by atoms with Gasteiger partial charge in [0, 0.05) is 23.6 Å². The first kappa shape index (κ1) is 17.5. The first-order valence-corrected chi connectivity index (χ1v) is 8.66. The molecule has 0 N–H and O–H groups in total. The van der Waals surface area contributed by atoms with Crippen molar-refractivity contribution in [3.63, 3.8) is 0 Å². The molecule has 0 saturated carbocycles. The molecule has 2 aromatic carbocycles. The number of benzene rings is 2. The number of hydrogen-bond donors (Lipinski definition) is 0. The second kappa shape index (κ2) is 7.00. The monoisotopic (exact) mass is 387 g/mol. The number of anilines is 1. The fourth-order valence-electron chi connectivity index (χ4n) is 3.10. The van der Waals surface area contributed by atoms with Gasteiger partial charge < -0.3 is 14.2 Å². The molecule has 1 aromatic heterocycles. The molecule has 1 saturated heterocycles. The molecule has 0 spiro atoms. The number of nitrogens with zero attached hydrogens (tertiary/aromatic N) is 3. The maximum atomic E-state index is 13.1. The zero-order valence-electron chi connectivity index (χ0n) is 14.4. The summed E-state index contributed by atoms with van der Waals surface area (Å²) in [6.07, 6.45) is 0.237. The van der Waals surface area contributed by atoms with E-state index < -0.39 is 0 Å². The quantitative estimate of drug-likeness (QED) is 0.675. The van der Waals surface area contributed by atoms with Crippen molar-refractivity contribution in [2.45, 2.75) is 12.3 Å². The van der Waals surface area contributed by atoms with Gasteiger partial charge in [0.2, 0.25) is 17.6 Å². The van der Waals surface area contributed by atoms with E-state index in [0.29, 0.717) is 40.3 Å². The van der Waals surface area contributed by atoms with Crippen molar-refractivity contribution in [3.8, 4) is 17.1 Å². The third kappa shape index (κ3) is 3.38. The zero-order valence-corrected chi connectivity index (χ0v) is 15.1. The molecule has 1 unspecified atom stereocenters. The lowest BCUT2D eigenvalue weighted by atomic mass is 10.1. The lowest BCUT2D eigenvalue weighted by molar-refractivity contribution is -0.117. The van der Waals surface area contributed by atoms with Gasteiger partial charge in [0.1, 0.15) is 11.6 Å². The first-order chi connectivity index (χ1) is 13.0. The molecule has 1 amide bonds. The van der Waals surface area contributed by atoms with Gasteiger partial charge in [0.15, 0.2) is 0 Å². The van der Waals surface area contributed by atoms with Crippen molar-refractivity contribution >= 4 is 23.2 Å². The number of ether oxygens (including phenoxy) is 1. The highest BCUT2D eigenvalue weighted by atomic mass is 35.5. The van der Waals surface area contributed by atoms with Gasteiger partial charge in [0.05, 0.1) is 18.7 Å². The summed E-state index contributed by atoms with van der Waals surface area (Å²) in [7, 11) is 1.54. The Morgan fingerprint density at radius 2 is 2.04 bits per heavy atom. The van der Waals surface area contributed by atoms with E-state index in [9.17, 15) is 9.18 Å². The van der Waals surface area contributed by atoms with Crippen molar-refractivity contribution in [2.75, 3.05) is 18.6 Å². The molecule has 1 atom stereocenters. The number of carbonyl (C=O) groups is 1. The van der Waals surface area contributed by atoms with Crippen LogP contribution in [-0.4, -0.2) is 29.7 Å². The van der Waals surface area contributed by atoms with Crippen LogP contribution >= 0.6 is 11.6 Å². The van der Waals surface area contributed by atoms with Crippen molar-refractivity contribution in [3.05, 3.63) is 59.2 Å². The molecule has 0 radical (unpaired) electrons. The molecule has 4 rings (SSSR count). The fraction of sp³-hybridized carbons (Fsp3) is 0.211. The SMILES string of the molecule is COc1ccc(Cl)cc1N1CC(c2nc(-c3ccc(F)cc3)no2)CC1=O. The molecular formula is C19H15ClFN3O3. The number of methoxy groups -OCH3 is 1. The molecule has 2 heterocycles. The molecular weight excluding hydrogens is 373 g/mol. The Morgan fingerprint density at radius 1 is 1.26 bits per heavy atom. The number of hydrogen-bond acceptors (Lipinski definition) is 5. The lowest BCUT2D eigenvalue weighted by Crippen LogP contribution is -2.24. The highest BCUT2D eigenvalue weighted by molar-refractivity contribution is 6.31. The van der Waals surface area contributed by atoms with E-state index in [0.717, 1.165) is 0 Å². The first-order valence-electron chi connectivity index (χ1n) is 8.28. The second-order valence-electron chi connectivity index (χ2n) is 6.18. The minimum absolute atomic E-state index is 0.0814. The summed E-state index contributed by atoms with van der Waals surface area (Å²) in [5, 5.41) is 4.46. The molecule has 0 aliphatic carbocycles. The normalized spacial score (nSPS) is 16.8. The molecule has 1 aliphatic rings. The van der Waals surface area contributed by atoms with Crippen LogP contribution in [0.15, 0.2) is 47.0 Å². The molecule has 1 aliphatic heterocycles. The van der Waals surface area contributed by atoms with Crippen LogP contribution in [0.5, 0.6) is 5.75 Å². The summed E-state index contributed by atoms with van der Waals surface area (Å²) in [4.78, 5) is 18.5. The Hall–Kier alpha value is -2.93. The van der Waals surface area contributed by atoms with Crippen molar-refractivity contribution in [2.24, 2.45) is 0 Å². The molecule has 1 fully saturated rings. The fourth-order valence-corrected chi connectivity index (χ4v) is 3.26.